The van der Waals surface area contributed by atoms with Gasteiger partial charge in [0.05, 0.1) is 6.04 Å². The average Bonchev–Trinajstić information content (AvgIpc) is 2.97. The Labute approximate surface area is 170 Å². The van der Waals surface area contributed by atoms with Gasteiger partial charge in [-0.25, -0.2) is 4.79 Å². The van der Waals surface area contributed by atoms with Gasteiger partial charge in [0.25, 0.3) is 0 Å². The third-order valence-corrected chi connectivity index (χ3v) is 5.83. The molecule has 0 aliphatic carbocycles. The molecule has 1 fully saturated rings. The highest BCUT2D eigenvalue weighted by Gasteiger charge is 2.30. The Morgan fingerprint density at radius 1 is 1.03 bits per heavy atom. The van der Waals surface area contributed by atoms with Gasteiger partial charge in [-0.1, -0.05) is 30.3 Å². The third-order valence-electron chi connectivity index (χ3n) is 5.83. The van der Waals surface area contributed by atoms with Crippen LogP contribution >= 0.6 is 0 Å². The van der Waals surface area contributed by atoms with Crippen molar-refractivity contribution in [3.05, 3.63) is 64.7 Å². The fourth-order valence-corrected chi connectivity index (χ4v) is 4.25. The fraction of sp³-hybridized carbons (Fsp3) is 0.391. The largest absolute Gasteiger partial charge is 0.481 e. The van der Waals surface area contributed by atoms with Crippen LogP contribution in [0.3, 0.4) is 0 Å². The fourth-order valence-electron chi connectivity index (χ4n) is 4.25. The Kier molecular flexibility index (Phi) is 5.81. The summed E-state index contributed by atoms with van der Waals surface area (Å²) in [6.07, 6.45) is 3.47. The van der Waals surface area contributed by atoms with E-state index in [1.165, 1.54) is 11.1 Å². The lowest BCUT2D eigenvalue weighted by molar-refractivity contribution is -0.136. The van der Waals surface area contributed by atoms with E-state index in [0.717, 1.165) is 49.2 Å². The summed E-state index contributed by atoms with van der Waals surface area (Å²) in [7, 11) is 0. The highest BCUT2D eigenvalue weighted by atomic mass is 16.4. The molecule has 1 atom stereocenters. The van der Waals surface area contributed by atoms with Crippen LogP contribution in [0, 0.1) is 0 Å². The van der Waals surface area contributed by atoms with Crippen molar-refractivity contribution >= 4 is 17.7 Å². The Hall–Kier alpha value is -2.86. The predicted octanol–water partition coefficient (Wildman–Crippen LogP) is 3.05. The molecule has 0 saturated carbocycles. The smallest absolute Gasteiger partial charge is 0.322 e. The second-order valence-electron chi connectivity index (χ2n) is 7.74. The molecule has 1 unspecified atom stereocenters. The zero-order chi connectivity index (χ0) is 20.2. The number of carboxylic acid groups (broad SMARTS) is 1. The molecule has 0 radical (unpaired) electrons. The van der Waals surface area contributed by atoms with Gasteiger partial charge >= 0.3 is 12.0 Å². The van der Waals surface area contributed by atoms with Crippen molar-refractivity contribution in [3.63, 3.8) is 0 Å². The summed E-state index contributed by atoms with van der Waals surface area (Å²) in [6.45, 7) is 2.60. The Balaban J connectivity index is 1.60. The van der Waals surface area contributed by atoms with Gasteiger partial charge in [-0.2, -0.15) is 0 Å². The van der Waals surface area contributed by atoms with Gasteiger partial charge in [0.2, 0.25) is 0 Å². The van der Waals surface area contributed by atoms with Crippen molar-refractivity contribution < 1.29 is 14.7 Å². The maximum absolute atomic E-state index is 12.8. The van der Waals surface area contributed by atoms with E-state index in [-0.39, 0.29) is 18.5 Å². The second kappa shape index (κ2) is 8.66. The zero-order valence-electron chi connectivity index (χ0n) is 16.5. The number of anilines is 1. The van der Waals surface area contributed by atoms with Crippen LogP contribution < -0.4 is 15.5 Å². The van der Waals surface area contributed by atoms with Crippen LogP contribution in [-0.2, 0) is 24.1 Å². The SMILES string of the molecule is O=C(O)CCc1ccc(C2CCNC(=O)N2c2ccc3c(c2)CCNCC3)cc1. The van der Waals surface area contributed by atoms with Gasteiger partial charge in [-0.05, 0) is 73.2 Å². The first-order chi connectivity index (χ1) is 14.1. The topological polar surface area (TPSA) is 81.7 Å². The molecule has 152 valence electrons. The van der Waals surface area contributed by atoms with Crippen LogP contribution in [0.25, 0.3) is 0 Å². The summed E-state index contributed by atoms with van der Waals surface area (Å²) in [4.78, 5) is 25.5. The molecule has 29 heavy (non-hydrogen) atoms. The lowest BCUT2D eigenvalue weighted by Crippen LogP contribution is -2.48. The molecule has 4 rings (SSSR count). The monoisotopic (exact) mass is 393 g/mol. The molecular weight excluding hydrogens is 366 g/mol. The molecule has 2 aliphatic rings. The molecule has 2 amide bonds. The number of nitrogens with zero attached hydrogens (tertiary/aromatic N) is 1. The number of benzene rings is 2. The summed E-state index contributed by atoms with van der Waals surface area (Å²) < 4.78 is 0. The van der Waals surface area contributed by atoms with E-state index >= 15 is 0 Å². The van der Waals surface area contributed by atoms with Crippen molar-refractivity contribution in [2.24, 2.45) is 0 Å². The summed E-state index contributed by atoms with van der Waals surface area (Å²) in [6, 6.07) is 14.3. The standard InChI is InChI=1S/C23H27N3O3/c27-22(28)8-3-16-1-4-18(5-2-16)21-11-14-25-23(29)26(21)20-7-6-17-9-12-24-13-10-19(17)15-20/h1-2,4-7,15,21,24H,3,8-14H2,(H,25,29)(H,27,28). The van der Waals surface area contributed by atoms with E-state index < -0.39 is 5.97 Å². The molecule has 3 N–H and O–H groups in total. The Bertz CT molecular complexity index is 895. The van der Waals surface area contributed by atoms with Crippen LogP contribution in [0.15, 0.2) is 42.5 Å². The molecule has 1 saturated heterocycles. The number of fused-ring (bicyclic) bond motifs is 1. The Morgan fingerprint density at radius 2 is 1.79 bits per heavy atom. The summed E-state index contributed by atoms with van der Waals surface area (Å²) in [5.41, 5.74) is 5.68. The molecule has 2 aromatic carbocycles. The number of nitrogens with one attached hydrogen (secondary N) is 2. The van der Waals surface area contributed by atoms with Gasteiger partial charge in [0, 0.05) is 18.7 Å². The second-order valence-corrected chi connectivity index (χ2v) is 7.74. The van der Waals surface area contributed by atoms with Crippen molar-refractivity contribution in [3.8, 4) is 0 Å². The number of carbonyl (C=O) groups excluding carboxylic acids is 1. The minimum atomic E-state index is -0.789. The van der Waals surface area contributed by atoms with Crippen LogP contribution in [-0.4, -0.2) is 36.7 Å². The van der Waals surface area contributed by atoms with Crippen molar-refractivity contribution in [1.82, 2.24) is 10.6 Å². The normalized spacial score (nSPS) is 19.2. The van der Waals surface area contributed by atoms with Gasteiger partial charge < -0.3 is 15.7 Å². The minimum absolute atomic E-state index is 0.0285. The van der Waals surface area contributed by atoms with Crippen molar-refractivity contribution in [1.29, 1.82) is 0 Å². The molecular formula is C23H27N3O3. The van der Waals surface area contributed by atoms with Crippen molar-refractivity contribution in [2.45, 2.75) is 38.1 Å². The summed E-state index contributed by atoms with van der Waals surface area (Å²) in [5.74, 6) is -0.789. The van der Waals surface area contributed by atoms with E-state index in [1.54, 1.807) is 0 Å². The maximum atomic E-state index is 12.8. The number of carboxylic acids is 1. The molecule has 0 spiro atoms. The molecule has 6 nitrogen and oxygen atoms in total. The maximum Gasteiger partial charge on any atom is 0.322 e. The van der Waals surface area contributed by atoms with E-state index in [4.69, 9.17) is 5.11 Å². The highest BCUT2D eigenvalue weighted by Crippen LogP contribution is 2.33. The van der Waals surface area contributed by atoms with E-state index in [0.29, 0.717) is 13.0 Å². The first kappa shape index (κ1) is 19.5. The van der Waals surface area contributed by atoms with E-state index in [9.17, 15) is 9.59 Å². The van der Waals surface area contributed by atoms with Crippen LogP contribution in [0.2, 0.25) is 0 Å². The molecule has 0 aromatic heterocycles. The highest BCUT2D eigenvalue weighted by molar-refractivity contribution is 5.93. The number of hydrogen-bond acceptors (Lipinski definition) is 3. The number of aryl methyl sites for hydroxylation is 1. The first-order valence-electron chi connectivity index (χ1n) is 10.3. The number of urea groups is 1. The third kappa shape index (κ3) is 4.43. The summed E-state index contributed by atoms with van der Waals surface area (Å²) >= 11 is 0. The Morgan fingerprint density at radius 3 is 2.55 bits per heavy atom. The average molecular weight is 393 g/mol. The van der Waals surface area contributed by atoms with Crippen LogP contribution in [0.4, 0.5) is 10.5 Å². The summed E-state index contributed by atoms with van der Waals surface area (Å²) in [5, 5.41) is 15.3. The lowest BCUT2D eigenvalue weighted by Gasteiger charge is -2.36. The van der Waals surface area contributed by atoms with Gasteiger partial charge in [-0.3, -0.25) is 9.69 Å². The van der Waals surface area contributed by atoms with Crippen molar-refractivity contribution in [2.75, 3.05) is 24.5 Å². The number of hydrogen-bond donors (Lipinski definition) is 3. The van der Waals surface area contributed by atoms with E-state index in [1.807, 2.05) is 29.2 Å². The van der Waals surface area contributed by atoms with Gasteiger partial charge in [0.15, 0.2) is 0 Å². The van der Waals surface area contributed by atoms with E-state index in [2.05, 4.69) is 28.8 Å². The number of rotatable bonds is 5. The molecule has 2 heterocycles. The lowest BCUT2D eigenvalue weighted by atomic mass is 9.96. The van der Waals surface area contributed by atoms with Crippen LogP contribution in [0.5, 0.6) is 0 Å². The molecule has 0 bridgehead atoms. The quantitative estimate of drug-likeness (QED) is 0.729. The number of amides is 2. The molecule has 6 heteroatoms. The number of carbonyl (C=O) groups is 2. The minimum Gasteiger partial charge on any atom is -0.481 e. The number of aliphatic carboxylic acids is 1. The predicted molar refractivity (Wildman–Crippen MR) is 112 cm³/mol. The zero-order valence-corrected chi connectivity index (χ0v) is 16.5. The molecule has 2 aromatic rings. The molecule has 2 aliphatic heterocycles. The van der Waals surface area contributed by atoms with Gasteiger partial charge in [-0.15, -0.1) is 0 Å². The van der Waals surface area contributed by atoms with Gasteiger partial charge in [0.1, 0.15) is 0 Å². The van der Waals surface area contributed by atoms with Crippen LogP contribution in [0.1, 0.15) is 41.1 Å². The first-order valence-corrected chi connectivity index (χ1v) is 10.3.